The van der Waals surface area contributed by atoms with E-state index < -0.39 is 5.60 Å². The van der Waals surface area contributed by atoms with E-state index in [4.69, 9.17) is 4.74 Å². The van der Waals surface area contributed by atoms with Crippen LogP contribution in [0.2, 0.25) is 0 Å². The van der Waals surface area contributed by atoms with Gasteiger partial charge in [-0.2, -0.15) is 0 Å². The second-order valence-electron chi connectivity index (χ2n) is 5.06. The van der Waals surface area contributed by atoms with Crippen LogP contribution in [0.5, 0.6) is 5.88 Å². The molecule has 2 N–H and O–H groups in total. The molecule has 1 aromatic rings. The molecule has 0 aromatic carbocycles. The topological polar surface area (TPSA) is 71.5 Å². The highest BCUT2D eigenvalue weighted by Crippen LogP contribution is 2.27. The SMILES string of the molecule is COc1ccc(C(=O)NCC2(O)CCCCC2)cn1. The van der Waals surface area contributed by atoms with E-state index in [1.807, 2.05) is 0 Å². The number of nitrogens with one attached hydrogen (secondary N) is 1. The van der Waals surface area contributed by atoms with Crippen molar-refractivity contribution in [2.75, 3.05) is 13.7 Å². The number of carbonyl (C=O) groups excluding carboxylic acids is 1. The quantitative estimate of drug-likeness (QED) is 0.865. The maximum Gasteiger partial charge on any atom is 0.252 e. The third kappa shape index (κ3) is 3.67. The highest BCUT2D eigenvalue weighted by molar-refractivity contribution is 5.93. The van der Waals surface area contributed by atoms with Gasteiger partial charge in [-0.15, -0.1) is 0 Å². The number of pyridine rings is 1. The van der Waals surface area contributed by atoms with Crippen molar-refractivity contribution in [1.82, 2.24) is 10.3 Å². The smallest absolute Gasteiger partial charge is 0.252 e. The number of aromatic nitrogens is 1. The fraction of sp³-hybridized carbons (Fsp3) is 0.571. The molecule has 0 bridgehead atoms. The van der Waals surface area contributed by atoms with Crippen LogP contribution in [0.15, 0.2) is 18.3 Å². The lowest BCUT2D eigenvalue weighted by atomic mass is 9.85. The van der Waals surface area contributed by atoms with Crippen LogP contribution in [-0.2, 0) is 0 Å². The standard InChI is InChI=1S/C14H20N2O3/c1-19-12-6-5-11(9-15-12)13(17)16-10-14(18)7-3-2-4-8-14/h5-6,9,18H,2-4,7-8,10H2,1H3,(H,16,17). The Morgan fingerprint density at radius 1 is 1.42 bits per heavy atom. The average molecular weight is 264 g/mol. The van der Waals surface area contributed by atoms with E-state index >= 15 is 0 Å². The third-order valence-electron chi connectivity index (χ3n) is 3.57. The van der Waals surface area contributed by atoms with Gasteiger partial charge in [-0.25, -0.2) is 4.98 Å². The van der Waals surface area contributed by atoms with E-state index in [9.17, 15) is 9.90 Å². The van der Waals surface area contributed by atoms with Crippen molar-refractivity contribution >= 4 is 5.91 Å². The summed E-state index contributed by atoms with van der Waals surface area (Å²) in [7, 11) is 1.53. The van der Waals surface area contributed by atoms with E-state index in [2.05, 4.69) is 10.3 Å². The summed E-state index contributed by atoms with van der Waals surface area (Å²) < 4.78 is 4.94. The molecule has 19 heavy (non-hydrogen) atoms. The minimum absolute atomic E-state index is 0.214. The number of amides is 1. The number of methoxy groups -OCH3 is 1. The predicted octanol–water partition coefficient (Wildman–Crippen LogP) is 1.52. The molecule has 0 atom stereocenters. The first-order chi connectivity index (χ1) is 9.13. The van der Waals surface area contributed by atoms with Crippen LogP contribution in [-0.4, -0.2) is 35.3 Å². The summed E-state index contributed by atoms with van der Waals surface area (Å²) in [6.45, 7) is 0.303. The molecule has 0 aliphatic heterocycles. The van der Waals surface area contributed by atoms with Crippen LogP contribution in [0.4, 0.5) is 0 Å². The fourth-order valence-electron chi connectivity index (χ4n) is 2.37. The van der Waals surface area contributed by atoms with Gasteiger partial charge in [0.2, 0.25) is 5.88 Å². The molecule has 1 heterocycles. The summed E-state index contributed by atoms with van der Waals surface area (Å²) in [4.78, 5) is 15.9. The van der Waals surface area contributed by atoms with Gasteiger partial charge in [0.25, 0.3) is 5.91 Å². The molecule has 0 saturated heterocycles. The maximum atomic E-state index is 11.9. The van der Waals surface area contributed by atoms with Crippen LogP contribution in [0, 0.1) is 0 Å². The molecule has 2 rings (SSSR count). The summed E-state index contributed by atoms with van der Waals surface area (Å²) in [6, 6.07) is 3.30. The average Bonchev–Trinajstić information content (AvgIpc) is 2.46. The van der Waals surface area contributed by atoms with Gasteiger partial charge in [0.05, 0.1) is 18.3 Å². The fourth-order valence-corrected chi connectivity index (χ4v) is 2.37. The molecule has 1 saturated carbocycles. The number of ether oxygens (including phenoxy) is 1. The Kier molecular flexibility index (Phi) is 4.37. The largest absolute Gasteiger partial charge is 0.481 e. The first-order valence-corrected chi connectivity index (χ1v) is 6.64. The number of nitrogens with zero attached hydrogens (tertiary/aromatic N) is 1. The van der Waals surface area contributed by atoms with E-state index in [1.165, 1.54) is 19.7 Å². The van der Waals surface area contributed by atoms with Gasteiger partial charge in [-0.05, 0) is 18.9 Å². The highest BCUT2D eigenvalue weighted by atomic mass is 16.5. The molecule has 104 valence electrons. The number of rotatable bonds is 4. The van der Waals surface area contributed by atoms with Crippen molar-refractivity contribution in [2.24, 2.45) is 0 Å². The van der Waals surface area contributed by atoms with E-state index in [-0.39, 0.29) is 5.91 Å². The Bertz CT molecular complexity index is 425. The lowest BCUT2D eigenvalue weighted by molar-refractivity contribution is 0.00525. The van der Waals surface area contributed by atoms with Gasteiger partial charge in [-0.3, -0.25) is 4.79 Å². The van der Waals surface area contributed by atoms with Crippen LogP contribution in [0.25, 0.3) is 0 Å². The highest BCUT2D eigenvalue weighted by Gasteiger charge is 2.29. The number of hydrogen-bond donors (Lipinski definition) is 2. The van der Waals surface area contributed by atoms with Crippen molar-refractivity contribution in [2.45, 2.75) is 37.7 Å². The van der Waals surface area contributed by atoms with Gasteiger partial charge < -0.3 is 15.2 Å². The van der Waals surface area contributed by atoms with E-state index in [0.717, 1.165) is 25.7 Å². The monoisotopic (exact) mass is 264 g/mol. The molecule has 5 nitrogen and oxygen atoms in total. The lowest BCUT2D eigenvalue weighted by Gasteiger charge is -2.32. The Morgan fingerprint density at radius 2 is 2.16 bits per heavy atom. The molecule has 1 amide bonds. The van der Waals surface area contributed by atoms with Crippen LogP contribution < -0.4 is 10.1 Å². The van der Waals surface area contributed by atoms with Gasteiger partial charge in [0, 0.05) is 18.8 Å². The molecule has 0 unspecified atom stereocenters. The second kappa shape index (κ2) is 6.02. The van der Waals surface area contributed by atoms with Crippen molar-refractivity contribution in [3.63, 3.8) is 0 Å². The van der Waals surface area contributed by atoms with Crippen molar-refractivity contribution in [1.29, 1.82) is 0 Å². The Balaban J connectivity index is 1.89. The van der Waals surface area contributed by atoms with Gasteiger partial charge >= 0.3 is 0 Å². The zero-order valence-electron chi connectivity index (χ0n) is 11.2. The van der Waals surface area contributed by atoms with E-state index in [1.54, 1.807) is 12.1 Å². The first kappa shape index (κ1) is 13.8. The molecule has 1 aliphatic carbocycles. The van der Waals surface area contributed by atoms with E-state index in [0.29, 0.717) is 18.0 Å². The molecular weight excluding hydrogens is 244 g/mol. The minimum Gasteiger partial charge on any atom is -0.481 e. The zero-order chi connectivity index (χ0) is 13.7. The Labute approximate surface area is 113 Å². The lowest BCUT2D eigenvalue weighted by Crippen LogP contribution is -2.44. The molecule has 1 fully saturated rings. The Hall–Kier alpha value is -1.62. The molecular formula is C14H20N2O3. The van der Waals surface area contributed by atoms with Gasteiger partial charge in [-0.1, -0.05) is 19.3 Å². The van der Waals surface area contributed by atoms with Gasteiger partial charge in [0.15, 0.2) is 0 Å². The Morgan fingerprint density at radius 3 is 2.74 bits per heavy atom. The summed E-state index contributed by atoms with van der Waals surface area (Å²) in [5, 5.41) is 13.1. The summed E-state index contributed by atoms with van der Waals surface area (Å²) in [5.41, 5.74) is -0.270. The molecule has 0 spiro atoms. The molecule has 1 aromatic heterocycles. The summed E-state index contributed by atoms with van der Waals surface area (Å²) >= 11 is 0. The normalized spacial score (nSPS) is 17.8. The second-order valence-corrected chi connectivity index (χ2v) is 5.06. The predicted molar refractivity (Wildman–Crippen MR) is 71.2 cm³/mol. The van der Waals surface area contributed by atoms with Crippen LogP contribution in [0.1, 0.15) is 42.5 Å². The number of aliphatic hydroxyl groups is 1. The summed E-state index contributed by atoms with van der Waals surface area (Å²) in [5.74, 6) is 0.261. The summed E-state index contributed by atoms with van der Waals surface area (Å²) in [6.07, 6.45) is 6.20. The van der Waals surface area contributed by atoms with Crippen LogP contribution >= 0.6 is 0 Å². The van der Waals surface area contributed by atoms with Crippen molar-refractivity contribution in [3.05, 3.63) is 23.9 Å². The molecule has 1 aliphatic rings. The number of carbonyl (C=O) groups is 1. The van der Waals surface area contributed by atoms with Crippen molar-refractivity contribution < 1.29 is 14.6 Å². The third-order valence-corrected chi connectivity index (χ3v) is 3.57. The van der Waals surface area contributed by atoms with Crippen molar-refractivity contribution in [3.8, 4) is 5.88 Å². The first-order valence-electron chi connectivity index (χ1n) is 6.64. The number of hydrogen-bond acceptors (Lipinski definition) is 4. The molecule has 5 heteroatoms. The van der Waals surface area contributed by atoms with Crippen LogP contribution in [0.3, 0.4) is 0 Å². The minimum atomic E-state index is -0.742. The maximum absolute atomic E-state index is 11.9. The molecule has 0 radical (unpaired) electrons. The van der Waals surface area contributed by atoms with Gasteiger partial charge in [0.1, 0.15) is 0 Å². The zero-order valence-corrected chi connectivity index (χ0v) is 11.2.